The molecule has 1 atom stereocenters. The number of nitrogens with one attached hydrogen (secondary N) is 1. The van der Waals surface area contributed by atoms with E-state index in [0.29, 0.717) is 17.2 Å². The summed E-state index contributed by atoms with van der Waals surface area (Å²) in [6.45, 7) is 2.52. The van der Waals surface area contributed by atoms with Gasteiger partial charge in [-0.15, -0.1) is 0 Å². The Balaban J connectivity index is 2.45. The van der Waals surface area contributed by atoms with Crippen LogP contribution in [0.5, 0.6) is 5.75 Å². The Morgan fingerprint density at radius 3 is 2.67 bits per heavy atom. The predicted molar refractivity (Wildman–Crippen MR) is 87.6 cm³/mol. The number of benzene rings is 2. The standard InChI is InChI=1S/C16H16BrClFNO/c1-3-21-14-8-7-10(9-11(14)17)16(20-2)15-12(18)5-4-6-13(15)19/h4-9,16,20H,3H2,1-2H3. The lowest BCUT2D eigenvalue weighted by atomic mass is 9.98. The van der Waals surface area contributed by atoms with Gasteiger partial charge in [0.15, 0.2) is 0 Å². The van der Waals surface area contributed by atoms with Gasteiger partial charge in [-0.05, 0) is 59.7 Å². The lowest BCUT2D eigenvalue weighted by Crippen LogP contribution is -2.19. The van der Waals surface area contributed by atoms with Gasteiger partial charge < -0.3 is 10.1 Å². The van der Waals surface area contributed by atoms with Crippen LogP contribution in [-0.4, -0.2) is 13.7 Å². The summed E-state index contributed by atoms with van der Waals surface area (Å²) in [5.41, 5.74) is 1.34. The van der Waals surface area contributed by atoms with Gasteiger partial charge in [-0.2, -0.15) is 0 Å². The van der Waals surface area contributed by atoms with Crippen LogP contribution in [0.4, 0.5) is 4.39 Å². The lowest BCUT2D eigenvalue weighted by molar-refractivity contribution is 0.338. The average molecular weight is 373 g/mol. The Bertz CT molecular complexity index is 615. The highest BCUT2D eigenvalue weighted by Gasteiger charge is 2.20. The Labute approximate surface area is 137 Å². The molecule has 0 fully saturated rings. The average Bonchev–Trinajstić information content (AvgIpc) is 2.45. The van der Waals surface area contributed by atoms with E-state index in [1.807, 2.05) is 25.1 Å². The molecule has 0 saturated carbocycles. The molecular weight excluding hydrogens is 357 g/mol. The minimum Gasteiger partial charge on any atom is -0.493 e. The van der Waals surface area contributed by atoms with E-state index in [1.165, 1.54) is 6.07 Å². The molecule has 0 bridgehead atoms. The first-order chi connectivity index (χ1) is 10.1. The third kappa shape index (κ3) is 3.57. The molecule has 0 radical (unpaired) electrons. The van der Waals surface area contributed by atoms with E-state index >= 15 is 0 Å². The molecule has 0 aromatic heterocycles. The highest BCUT2D eigenvalue weighted by atomic mass is 79.9. The van der Waals surface area contributed by atoms with Gasteiger partial charge in [0.05, 0.1) is 17.1 Å². The second-order valence-corrected chi connectivity index (χ2v) is 5.74. The maximum absolute atomic E-state index is 14.1. The minimum atomic E-state index is -0.328. The largest absolute Gasteiger partial charge is 0.493 e. The molecule has 0 saturated heterocycles. The Morgan fingerprint density at radius 1 is 1.33 bits per heavy atom. The van der Waals surface area contributed by atoms with Crippen molar-refractivity contribution < 1.29 is 9.13 Å². The van der Waals surface area contributed by atoms with E-state index in [-0.39, 0.29) is 11.9 Å². The summed E-state index contributed by atoms with van der Waals surface area (Å²) >= 11 is 9.63. The van der Waals surface area contributed by atoms with E-state index < -0.39 is 0 Å². The molecule has 2 nitrogen and oxygen atoms in total. The monoisotopic (exact) mass is 371 g/mol. The Kier molecular flexibility index (Phi) is 5.62. The maximum atomic E-state index is 14.1. The van der Waals surface area contributed by atoms with Crippen LogP contribution in [0.2, 0.25) is 5.02 Å². The highest BCUT2D eigenvalue weighted by Crippen LogP contribution is 2.34. The van der Waals surface area contributed by atoms with Crippen LogP contribution < -0.4 is 10.1 Å². The van der Waals surface area contributed by atoms with Gasteiger partial charge in [0, 0.05) is 10.6 Å². The minimum absolute atomic E-state index is 0.327. The second-order valence-electron chi connectivity index (χ2n) is 4.48. The Hall–Kier alpha value is -1.10. The molecule has 0 aliphatic carbocycles. The molecule has 0 heterocycles. The maximum Gasteiger partial charge on any atom is 0.133 e. The van der Waals surface area contributed by atoms with Gasteiger partial charge in [0.25, 0.3) is 0 Å². The topological polar surface area (TPSA) is 21.3 Å². The van der Waals surface area contributed by atoms with E-state index in [4.69, 9.17) is 16.3 Å². The zero-order valence-corrected chi connectivity index (χ0v) is 14.1. The van der Waals surface area contributed by atoms with Crippen LogP contribution in [0.1, 0.15) is 24.1 Å². The van der Waals surface area contributed by atoms with Crippen molar-refractivity contribution in [3.8, 4) is 5.75 Å². The van der Waals surface area contributed by atoms with Crippen LogP contribution in [-0.2, 0) is 0 Å². The first-order valence-corrected chi connectivity index (χ1v) is 7.79. The van der Waals surface area contributed by atoms with Crippen molar-refractivity contribution in [2.24, 2.45) is 0 Å². The quantitative estimate of drug-likeness (QED) is 0.802. The molecule has 1 N–H and O–H groups in total. The fourth-order valence-corrected chi connectivity index (χ4v) is 3.02. The van der Waals surface area contributed by atoms with Gasteiger partial charge >= 0.3 is 0 Å². The number of rotatable bonds is 5. The normalized spacial score (nSPS) is 12.2. The van der Waals surface area contributed by atoms with Crippen molar-refractivity contribution in [2.75, 3.05) is 13.7 Å². The van der Waals surface area contributed by atoms with E-state index in [0.717, 1.165) is 15.8 Å². The molecule has 112 valence electrons. The van der Waals surface area contributed by atoms with Crippen LogP contribution in [0.3, 0.4) is 0 Å². The number of ether oxygens (including phenoxy) is 1. The summed E-state index contributed by atoms with van der Waals surface area (Å²) < 4.78 is 20.4. The van der Waals surface area contributed by atoms with E-state index in [1.54, 1.807) is 19.2 Å². The van der Waals surface area contributed by atoms with Gasteiger partial charge in [-0.1, -0.05) is 23.7 Å². The first kappa shape index (κ1) is 16.3. The van der Waals surface area contributed by atoms with Gasteiger partial charge in [0.1, 0.15) is 11.6 Å². The van der Waals surface area contributed by atoms with Gasteiger partial charge in [0.2, 0.25) is 0 Å². The second kappa shape index (κ2) is 7.25. The summed E-state index contributed by atoms with van der Waals surface area (Å²) in [4.78, 5) is 0. The van der Waals surface area contributed by atoms with Crippen molar-refractivity contribution >= 4 is 27.5 Å². The summed E-state index contributed by atoms with van der Waals surface area (Å²) in [5.74, 6) is 0.433. The van der Waals surface area contributed by atoms with Crippen LogP contribution in [0.25, 0.3) is 0 Å². The molecule has 21 heavy (non-hydrogen) atoms. The fraction of sp³-hybridized carbons (Fsp3) is 0.250. The fourth-order valence-electron chi connectivity index (χ4n) is 2.23. The predicted octanol–water partition coefficient (Wildman–Crippen LogP) is 4.95. The molecular formula is C16H16BrClFNO. The number of halogens is 3. The van der Waals surface area contributed by atoms with Crippen molar-refractivity contribution in [1.29, 1.82) is 0 Å². The molecule has 2 aromatic carbocycles. The molecule has 2 rings (SSSR count). The van der Waals surface area contributed by atoms with E-state index in [9.17, 15) is 4.39 Å². The summed E-state index contributed by atoms with van der Waals surface area (Å²) in [5, 5.41) is 3.51. The van der Waals surface area contributed by atoms with E-state index in [2.05, 4.69) is 21.2 Å². The third-order valence-electron chi connectivity index (χ3n) is 3.17. The third-order valence-corrected chi connectivity index (χ3v) is 4.12. The molecule has 1 unspecified atom stereocenters. The number of hydrogen-bond acceptors (Lipinski definition) is 2. The zero-order valence-electron chi connectivity index (χ0n) is 11.8. The molecule has 5 heteroatoms. The van der Waals surface area contributed by atoms with Gasteiger partial charge in [-0.3, -0.25) is 0 Å². The smallest absolute Gasteiger partial charge is 0.133 e. The van der Waals surface area contributed by atoms with Crippen LogP contribution in [0, 0.1) is 5.82 Å². The van der Waals surface area contributed by atoms with Crippen molar-refractivity contribution in [1.82, 2.24) is 5.32 Å². The highest BCUT2D eigenvalue weighted by molar-refractivity contribution is 9.10. The van der Waals surface area contributed by atoms with Crippen LogP contribution in [0.15, 0.2) is 40.9 Å². The number of hydrogen-bond donors (Lipinski definition) is 1. The molecule has 2 aromatic rings. The molecule has 0 spiro atoms. The van der Waals surface area contributed by atoms with Crippen molar-refractivity contribution in [2.45, 2.75) is 13.0 Å². The zero-order chi connectivity index (χ0) is 15.4. The summed E-state index contributed by atoms with van der Waals surface area (Å²) in [6, 6.07) is 10.0. The summed E-state index contributed by atoms with van der Waals surface area (Å²) in [7, 11) is 1.78. The molecule has 0 aliphatic rings. The van der Waals surface area contributed by atoms with Crippen LogP contribution >= 0.6 is 27.5 Å². The molecule has 0 amide bonds. The lowest BCUT2D eigenvalue weighted by Gasteiger charge is -2.20. The summed E-state index contributed by atoms with van der Waals surface area (Å²) in [6.07, 6.45) is 0. The van der Waals surface area contributed by atoms with Gasteiger partial charge in [-0.25, -0.2) is 4.39 Å². The van der Waals surface area contributed by atoms with Crippen molar-refractivity contribution in [3.05, 3.63) is 62.8 Å². The first-order valence-electron chi connectivity index (χ1n) is 6.61. The van der Waals surface area contributed by atoms with Crippen molar-refractivity contribution in [3.63, 3.8) is 0 Å². The Morgan fingerprint density at radius 2 is 2.10 bits per heavy atom. The molecule has 0 aliphatic heterocycles. The SMILES string of the molecule is CCOc1ccc(C(NC)c2c(F)cccc2Cl)cc1Br.